The van der Waals surface area contributed by atoms with Gasteiger partial charge in [-0.2, -0.15) is 13.9 Å². The Morgan fingerprint density at radius 3 is 2.52 bits per heavy atom. The first-order chi connectivity index (χ1) is 11.9. The molecule has 0 spiro atoms. The molecule has 0 heterocycles. The third-order valence-electron chi connectivity index (χ3n) is 3.24. The van der Waals surface area contributed by atoms with Gasteiger partial charge >= 0.3 is 6.61 Å². The molecule has 0 atom stereocenters. The van der Waals surface area contributed by atoms with Gasteiger partial charge in [-0.1, -0.05) is 12.1 Å². The molecule has 0 aliphatic rings. The number of hydrogen-bond donors (Lipinski definition) is 1. The average molecular weight is 352 g/mol. The molecule has 0 aliphatic carbocycles. The fraction of sp³-hybridized carbons (Fsp3) is 0.176. The smallest absolute Gasteiger partial charge is 0.387 e. The van der Waals surface area contributed by atoms with Crippen molar-refractivity contribution in [3.8, 4) is 11.5 Å². The number of rotatable bonds is 6. The number of carbonyl (C=O) groups is 1. The summed E-state index contributed by atoms with van der Waals surface area (Å²) >= 11 is 0. The molecular weight excluding hydrogens is 337 g/mol. The molecule has 0 saturated carbocycles. The fourth-order valence-electron chi connectivity index (χ4n) is 1.99. The standard InChI is InChI=1S/C17H15F3N2O3/c1-10(21-22-16(23)12-5-3-4-6-13(12)18)11-7-8-14(25-17(19)20)15(9-11)24-2/h3-9,17H,1-2H3,(H,22,23)/b21-10-. The van der Waals surface area contributed by atoms with E-state index in [0.29, 0.717) is 11.3 Å². The average Bonchev–Trinajstić information content (AvgIpc) is 2.59. The first-order valence-corrected chi connectivity index (χ1v) is 7.14. The number of carbonyl (C=O) groups excluding carboxylic acids is 1. The highest BCUT2D eigenvalue weighted by Crippen LogP contribution is 2.29. The van der Waals surface area contributed by atoms with Crippen molar-refractivity contribution in [3.63, 3.8) is 0 Å². The number of nitrogens with zero attached hydrogens (tertiary/aromatic N) is 1. The molecule has 0 bridgehead atoms. The van der Waals surface area contributed by atoms with Crippen molar-refractivity contribution in [3.05, 3.63) is 59.4 Å². The number of hydrazone groups is 1. The minimum Gasteiger partial charge on any atom is -0.493 e. The van der Waals surface area contributed by atoms with E-state index in [1.54, 1.807) is 6.92 Å². The molecule has 2 aromatic rings. The van der Waals surface area contributed by atoms with E-state index in [-0.39, 0.29) is 17.1 Å². The van der Waals surface area contributed by atoms with E-state index in [1.807, 2.05) is 0 Å². The molecule has 0 unspecified atom stereocenters. The van der Waals surface area contributed by atoms with E-state index >= 15 is 0 Å². The molecule has 0 aromatic heterocycles. The SMILES string of the molecule is COc1cc(/C(C)=N\NC(=O)c2ccccc2F)ccc1OC(F)F. The first-order valence-electron chi connectivity index (χ1n) is 7.14. The Morgan fingerprint density at radius 1 is 1.16 bits per heavy atom. The van der Waals surface area contributed by atoms with E-state index < -0.39 is 18.3 Å². The zero-order valence-corrected chi connectivity index (χ0v) is 13.4. The lowest BCUT2D eigenvalue weighted by molar-refractivity contribution is -0.0512. The number of halogens is 3. The maximum absolute atomic E-state index is 13.5. The van der Waals surface area contributed by atoms with Crippen LogP contribution in [0, 0.1) is 5.82 Å². The molecule has 2 rings (SSSR count). The Morgan fingerprint density at radius 2 is 1.88 bits per heavy atom. The number of benzene rings is 2. The van der Waals surface area contributed by atoms with Crippen LogP contribution in [-0.2, 0) is 0 Å². The van der Waals surface area contributed by atoms with Gasteiger partial charge in [0.1, 0.15) is 5.82 Å². The summed E-state index contributed by atoms with van der Waals surface area (Å²) in [6.07, 6.45) is 0. The van der Waals surface area contributed by atoms with Crippen LogP contribution in [0.25, 0.3) is 0 Å². The van der Waals surface area contributed by atoms with Crippen molar-refractivity contribution < 1.29 is 27.4 Å². The topological polar surface area (TPSA) is 59.9 Å². The maximum atomic E-state index is 13.5. The molecule has 0 saturated heterocycles. The molecule has 8 heteroatoms. The third kappa shape index (κ3) is 4.72. The summed E-state index contributed by atoms with van der Waals surface area (Å²) < 4.78 is 47.5. The van der Waals surface area contributed by atoms with Gasteiger partial charge < -0.3 is 9.47 Å². The molecular formula is C17H15F3N2O3. The van der Waals surface area contributed by atoms with Crippen LogP contribution >= 0.6 is 0 Å². The van der Waals surface area contributed by atoms with Crippen LogP contribution in [0.2, 0.25) is 0 Å². The minimum absolute atomic E-state index is 0.0905. The highest BCUT2D eigenvalue weighted by atomic mass is 19.3. The van der Waals surface area contributed by atoms with Gasteiger partial charge in [0, 0.05) is 5.56 Å². The molecule has 0 radical (unpaired) electrons. The van der Waals surface area contributed by atoms with Crippen LogP contribution in [-0.4, -0.2) is 25.3 Å². The molecule has 2 aromatic carbocycles. The molecule has 1 amide bonds. The van der Waals surface area contributed by atoms with Crippen LogP contribution in [0.15, 0.2) is 47.6 Å². The second kappa shape index (κ2) is 8.18. The van der Waals surface area contributed by atoms with E-state index in [9.17, 15) is 18.0 Å². The summed E-state index contributed by atoms with van der Waals surface area (Å²) in [5, 5.41) is 3.88. The molecule has 25 heavy (non-hydrogen) atoms. The fourth-order valence-corrected chi connectivity index (χ4v) is 1.99. The maximum Gasteiger partial charge on any atom is 0.387 e. The lowest BCUT2D eigenvalue weighted by Gasteiger charge is -2.11. The highest BCUT2D eigenvalue weighted by Gasteiger charge is 2.13. The van der Waals surface area contributed by atoms with Crippen molar-refractivity contribution >= 4 is 11.6 Å². The second-order valence-electron chi connectivity index (χ2n) is 4.86. The quantitative estimate of drug-likeness (QED) is 0.638. The van der Waals surface area contributed by atoms with Gasteiger partial charge in [-0.15, -0.1) is 0 Å². The Kier molecular flexibility index (Phi) is 5.99. The van der Waals surface area contributed by atoms with Crippen molar-refractivity contribution in [2.45, 2.75) is 13.5 Å². The summed E-state index contributed by atoms with van der Waals surface area (Å²) in [5.41, 5.74) is 2.97. The number of nitrogens with one attached hydrogen (secondary N) is 1. The summed E-state index contributed by atoms with van der Waals surface area (Å²) in [7, 11) is 1.31. The highest BCUT2D eigenvalue weighted by molar-refractivity contribution is 6.01. The van der Waals surface area contributed by atoms with Gasteiger partial charge in [0.25, 0.3) is 5.91 Å². The lowest BCUT2D eigenvalue weighted by atomic mass is 10.1. The lowest BCUT2D eigenvalue weighted by Crippen LogP contribution is -2.20. The number of amides is 1. The van der Waals surface area contributed by atoms with Gasteiger partial charge in [-0.3, -0.25) is 4.79 Å². The van der Waals surface area contributed by atoms with Gasteiger partial charge in [-0.25, -0.2) is 9.82 Å². The summed E-state index contributed by atoms with van der Waals surface area (Å²) in [5.74, 6) is -1.40. The predicted octanol–water partition coefficient (Wildman–Crippen LogP) is 3.59. The second-order valence-corrected chi connectivity index (χ2v) is 4.86. The Hall–Kier alpha value is -3.03. The summed E-state index contributed by atoms with van der Waals surface area (Å²) in [6.45, 7) is -1.39. The van der Waals surface area contributed by atoms with Crippen molar-refractivity contribution in [2.24, 2.45) is 5.10 Å². The van der Waals surface area contributed by atoms with E-state index in [1.165, 1.54) is 43.5 Å². The minimum atomic E-state index is -2.98. The van der Waals surface area contributed by atoms with Crippen LogP contribution < -0.4 is 14.9 Å². The monoisotopic (exact) mass is 352 g/mol. The number of alkyl halides is 2. The summed E-state index contributed by atoms with van der Waals surface area (Å²) in [6, 6.07) is 9.71. The molecule has 5 nitrogen and oxygen atoms in total. The summed E-state index contributed by atoms with van der Waals surface area (Å²) in [4.78, 5) is 11.9. The Bertz CT molecular complexity index is 794. The first kappa shape index (κ1) is 18.3. The molecule has 1 N–H and O–H groups in total. The zero-order valence-electron chi connectivity index (χ0n) is 13.4. The van der Waals surface area contributed by atoms with Crippen molar-refractivity contribution in [1.82, 2.24) is 5.43 Å². The Balaban J connectivity index is 2.16. The van der Waals surface area contributed by atoms with Gasteiger partial charge in [-0.05, 0) is 37.3 Å². The van der Waals surface area contributed by atoms with Gasteiger partial charge in [0.05, 0.1) is 18.4 Å². The number of hydrogen-bond acceptors (Lipinski definition) is 4. The van der Waals surface area contributed by atoms with Crippen LogP contribution in [0.1, 0.15) is 22.8 Å². The normalized spacial score (nSPS) is 11.4. The molecule has 0 fully saturated rings. The molecule has 0 aliphatic heterocycles. The van der Waals surface area contributed by atoms with E-state index in [4.69, 9.17) is 4.74 Å². The third-order valence-corrected chi connectivity index (χ3v) is 3.24. The Labute approximate surface area is 142 Å². The van der Waals surface area contributed by atoms with Gasteiger partial charge in [0.15, 0.2) is 11.5 Å². The predicted molar refractivity (Wildman–Crippen MR) is 85.7 cm³/mol. The van der Waals surface area contributed by atoms with Crippen molar-refractivity contribution in [2.75, 3.05) is 7.11 Å². The van der Waals surface area contributed by atoms with Crippen molar-refractivity contribution in [1.29, 1.82) is 0 Å². The van der Waals surface area contributed by atoms with E-state index in [2.05, 4.69) is 15.3 Å². The number of methoxy groups -OCH3 is 1. The van der Waals surface area contributed by atoms with Crippen LogP contribution in [0.4, 0.5) is 13.2 Å². The van der Waals surface area contributed by atoms with Crippen LogP contribution in [0.3, 0.4) is 0 Å². The van der Waals surface area contributed by atoms with Gasteiger partial charge in [0.2, 0.25) is 0 Å². The zero-order chi connectivity index (χ0) is 18.4. The van der Waals surface area contributed by atoms with E-state index in [0.717, 1.165) is 6.07 Å². The largest absolute Gasteiger partial charge is 0.493 e. The van der Waals surface area contributed by atoms with Crippen LogP contribution in [0.5, 0.6) is 11.5 Å². The molecule has 132 valence electrons. The number of ether oxygens (including phenoxy) is 2.